The van der Waals surface area contributed by atoms with Crippen molar-refractivity contribution in [2.75, 3.05) is 25.7 Å². The number of rotatable bonds is 4. The van der Waals surface area contributed by atoms with Gasteiger partial charge in [0.15, 0.2) is 5.78 Å². The van der Waals surface area contributed by atoms with Gasteiger partial charge in [-0.25, -0.2) is 0 Å². The normalized spacial score (nSPS) is 13.2. The van der Waals surface area contributed by atoms with Gasteiger partial charge >= 0.3 is 0 Å². The Balaban J connectivity index is 1.98. The standard InChI is InChI=1S/C20H21NO4/c1-13(22)14-6-7-19-15(9-14)5-4-8-21(19)20(23)16-10-17(24-2)12-18(11-16)25-3/h6-7,9-12H,4-5,8H2,1-3H3. The molecule has 0 saturated heterocycles. The predicted octanol–water partition coefficient (Wildman–Crippen LogP) is 3.50. The minimum atomic E-state index is -0.103. The molecule has 2 aromatic rings. The molecule has 0 bridgehead atoms. The minimum Gasteiger partial charge on any atom is -0.497 e. The number of carbonyl (C=O) groups excluding carboxylic acids is 2. The van der Waals surface area contributed by atoms with Crippen LogP contribution in [0.25, 0.3) is 0 Å². The fourth-order valence-corrected chi connectivity index (χ4v) is 3.11. The van der Waals surface area contributed by atoms with Gasteiger partial charge < -0.3 is 14.4 Å². The smallest absolute Gasteiger partial charge is 0.258 e. The molecule has 25 heavy (non-hydrogen) atoms. The second-order valence-corrected chi connectivity index (χ2v) is 6.06. The summed E-state index contributed by atoms with van der Waals surface area (Å²) in [4.78, 5) is 26.4. The topological polar surface area (TPSA) is 55.8 Å². The molecule has 0 radical (unpaired) electrons. The monoisotopic (exact) mass is 339 g/mol. The van der Waals surface area contributed by atoms with Crippen LogP contribution in [0.3, 0.4) is 0 Å². The van der Waals surface area contributed by atoms with Crippen LogP contribution in [0.5, 0.6) is 11.5 Å². The zero-order valence-corrected chi connectivity index (χ0v) is 14.7. The number of anilines is 1. The highest BCUT2D eigenvalue weighted by atomic mass is 16.5. The highest BCUT2D eigenvalue weighted by Gasteiger charge is 2.25. The molecule has 0 saturated carbocycles. The van der Waals surface area contributed by atoms with Crippen LogP contribution in [0, 0.1) is 0 Å². The Morgan fingerprint density at radius 3 is 2.24 bits per heavy atom. The van der Waals surface area contributed by atoms with Crippen molar-refractivity contribution in [3.05, 3.63) is 53.1 Å². The molecular formula is C20H21NO4. The Labute approximate surface area is 147 Å². The molecule has 0 fully saturated rings. The molecule has 2 aromatic carbocycles. The summed E-state index contributed by atoms with van der Waals surface area (Å²) in [5.41, 5.74) is 3.08. The lowest BCUT2D eigenvalue weighted by Gasteiger charge is -2.30. The number of fused-ring (bicyclic) bond motifs is 1. The number of amides is 1. The van der Waals surface area contributed by atoms with Gasteiger partial charge in [0, 0.05) is 29.4 Å². The maximum absolute atomic E-state index is 13.1. The van der Waals surface area contributed by atoms with Gasteiger partial charge in [0.2, 0.25) is 0 Å². The van der Waals surface area contributed by atoms with Crippen molar-refractivity contribution >= 4 is 17.4 Å². The average molecular weight is 339 g/mol. The van der Waals surface area contributed by atoms with Crippen LogP contribution in [0.15, 0.2) is 36.4 Å². The number of ketones is 1. The molecule has 3 rings (SSSR count). The van der Waals surface area contributed by atoms with E-state index >= 15 is 0 Å². The predicted molar refractivity (Wildman–Crippen MR) is 96.0 cm³/mol. The number of benzene rings is 2. The summed E-state index contributed by atoms with van der Waals surface area (Å²) in [5, 5.41) is 0. The summed E-state index contributed by atoms with van der Waals surface area (Å²) in [6, 6.07) is 10.7. The third-order valence-electron chi connectivity index (χ3n) is 4.45. The Hall–Kier alpha value is -2.82. The first-order chi connectivity index (χ1) is 12.0. The third-order valence-corrected chi connectivity index (χ3v) is 4.45. The molecule has 1 heterocycles. The Morgan fingerprint density at radius 1 is 0.960 bits per heavy atom. The summed E-state index contributed by atoms with van der Waals surface area (Å²) >= 11 is 0. The number of hydrogen-bond donors (Lipinski definition) is 0. The van der Waals surface area contributed by atoms with Gasteiger partial charge in [0.1, 0.15) is 11.5 Å². The second kappa shape index (κ2) is 6.97. The van der Waals surface area contributed by atoms with E-state index in [9.17, 15) is 9.59 Å². The van der Waals surface area contributed by atoms with E-state index in [-0.39, 0.29) is 11.7 Å². The van der Waals surface area contributed by atoms with Crippen LogP contribution in [0.1, 0.15) is 39.6 Å². The van der Waals surface area contributed by atoms with Crippen molar-refractivity contribution in [3.8, 4) is 11.5 Å². The van der Waals surface area contributed by atoms with Gasteiger partial charge in [0.05, 0.1) is 14.2 Å². The van der Waals surface area contributed by atoms with Crippen LogP contribution in [0.4, 0.5) is 5.69 Å². The Kier molecular flexibility index (Phi) is 4.74. The SMILES string of the molecule is COc1cc(OC)cc(C(=O)N2CCCc3cc(C(C)=O)ccc32)c1. The van der Waals surface area contributed by atoms with Crippen LogP contribution < -0.4 is 14.4 Å². The van der Waals surface area contributed by atoms with Gasteiger partial charge in [-0.3, -0.25) is 9.59 Å². The fraction of sp³-hybridized carbons (Fsp3) is 0.300. The van der Waals surface area contributed by atoms with E-state index in [0.29, 0.717) is 29.2 Å². The van der Waals surface area contributed by atoms with E-state index in [1.807, 2.05) is 12.1 Å². The first-order valence-electron chi connectivity index (χ1n) is 8.22. The van der Waals surface area contributed by atoms with Gasteiger partial charge in [-0.15, -0.1) is 0 Å². The first kappa shape index (κ1) is 17.0. The van der Waals surface area contributed by atoms with Gasteiger partial charge in [-0.1, -0.05) is 0 Å². The van der Waals surface area contributed by atoms with Crippen molar-refractivity contribution in [2.45, 2.75) is 19.8 Å². The lowest BCUT2D eigenvalue weighted by atomic mass is 9.97. The van der Waals surface area contributed by atoms with Gasteiger partial charge in [-0.2, -0.15) is 0 Å². The molecular weight excluding hydrogens is 318 g/mol. The van der Waals surface area contributed by atoms with Crippen molar-refractivity contribution < 1.29 is 19.1 Å². The summed E-state index contributed by atoms with van der Waals surface area (Å²) in [6.07, 6.45) is 1.73. The van der Waals surface area contributed by atoms with Crippen LogP contribution >= 0.6 is 0 Å². The molecule has 1 amide bonds. The van der Waals surface area contributed by atoms with Crippen LogP contribution in [-0.4, -0.2) is 32.5 Å². The number of ether oxygens (including phenoxy) is 2. The van der Waals surface area contributed by atoms with Crippen molar-refractivity contribution in [3.63, 3.8) is 0 Å². The van der Waals surface area contributed by atoms with Crippen molar-refractivity contribution in [1.82, 2.24) is 0 Å². The molecule has 0 aliphatic carbocycles. The Morgan fingerprint density at radius 2 is 1.64 bits per heavy atom. The van der Waals surface area contributed by atoms with E-state index in [0.717, 1.165) is 24.1 Å². The van der Waals surface area contributed by atoms with E-state index in [2.05, 4.69) is 0 Å². The summed E-state index contributed by atoms with van der Waals surface area (Å²) in [6.45, 7) is 2.20. The molecule has 5 nitrogen and oxygen atoms in total. The third kappa shape index (κ3) is 3.36. The molecule has 0 N–H and O–H groups in total. The second-order valence-electron chi connectivity index (χ2n) is 6.06. The van der Waals surface area contributed by atoms with E-state index in [4.69, 9.17) is 9.47 Å². The highest BCUT2D eigenvalue weighted by Crippen LogP contribution is 2.31. The molecule has 1 aliphatic rings. The summed E-state index contributed by atoms with van der Waals surface area (Å²) in [7, 11) is 3.12. The molecule has 130 valence electrons. The molecule has 0 spiro atoms. The largest absolute Gasteiger partial charge is 0.497 e. The maximum Gasteiger partial charge on any atom is 0.258 e. The summed E-state index contributed by atoms with van der Waals surface area (Å²) in [5.74, 6) is 1.08. The number of nitrogens with zero attached hydrogens (tertiary/aromatic N) is 1. The van der Waals surface area contributed by atoms with E-state index in [1.54, 1.807) is 50.3 Å². The number of hydrogen-bond acceptors (Lipinski definition) is 4. The average Bonchev–Trinajstić information content (AvgIpc) is 2.65. The van der Waals surface area contributed by atoms with Crippen LogP contribution in [-0.2, 0) is 6.42 Å². The number of Topliss-reactive ketones (excluding diaryl/α,β-unsaturated/α-hetero) is 1. The highest BCUT2D eigenvalue weighted by molar-refractivity contribution is 6.07. The zero-order valence-electron chi connectivity index (χ0n) is 14.7. The van der Waals surface area contributed by atoms with Gasteiger partial charge in [-0.05, 0) is 55.7 Å². The number of methoxy groups -OCH3 is 2. The lowest BCUT2D eigenvalue weighted by Crippen LogP contribution is -2.35. The zero-order chi connectivity index (χ0) is 18.0. The first-order valence-corrected chi connectivity index (χ1v) is 8.22. The summed E-state index contributed by atoms with van der Waals surface area (Å²) < 4.78 is 10.5. The quantitative estimate of drug-likeness (QED) is 0.800. The number of aryl methyl sites for hydroxylation is 1. The minimum absolute atomic E-state index is 0.0313. The lowest BCUT2D eigenvalue weighted by molar-refractivity contribution is 0.0983. The number of carbonyl (C=O) groups is 2. The fourth-order valence-electron chi connectivity index (χ4n) is 3.11. The van der Waals surface area contributed by atoms with E-state index in [1.165, 1.54) is 0 Å². The van der Waals surface area contributed by atoms with Crippen molar-refractivity contribution in [2.24, 2.45) is 0 Å². The van der Waals surface area contributed by atoms with Gasteiger partial charge in [0.25, 0.3) is 5.91 Å². The maximum atomic E-state index is 13.1. The molecule has 0 aromatic heterocycles. The Bertz CT molecular complexity index is 806. The molecule has 0 unspecified atom stereocenters. The van der Waals surface area contributed by atoms with E-state index < -0.39 is 0 Å². The molecule has 5 heteroatoms. The van der Waals surface area contributed by atoms with Crippen LogP contribution in [0.2, 0.25) is 0 Å². The van der Waals surface area contributed by atoms with Crippen molar-refractivity contribution in [1.29, 1.82) is 0 Å². The molecule has 0 atom stereocenters. The molecule has 1 aliphatic heterocycles.